The van der Waals surface area contributed by atoms with Crippen LogP contribution in [0.15, 0.2) is 10.7 Å². The molecule has 2 atom stereocenters. The van der Waals surface area contributed by atoms with Crippen LogP contribution in [0.1, 0.15) is 60.6 Å². The highest BCUT2D eigenvalue weighted by molar-refractivity contribution is 9.10. The average Bonchev–Trinajstić information content (AvgIpc) is 2.79. The SMILES string of the molecule is CCOC(=O)C(F)(F)[C@](CCOC)(N[S@@](=O)C(C)(C)C)c1nc(Br)cc([Si](CC)(CC)CC)c1F. The lowest BCUT2D eigenvalue weighted by Gasteiger charge is -2.41. The number of hydrogen-bond donors (Lipinski definition) is 1. The zero-order chi connectivity index (χ0) is 27.2. The third-order valence-corrected chi connectivity index (χ3v) is 14.1. The molecule has 0 aliphatic carbocycles. The van der Waals surface area contributed by atoms with Crippen molar-refractivity contribution in [2.24, 2.45) is 0 Å². The maximum atomic E-state index is 16.4. The summed E-state index contributed by atoms with van der Waals surface area (Å²) in [6.07, 6.45) is -0.587. The molecule has 0 aromatic carbocycles. The van der Waals surface area contributed by atoms with Crippen LogP contribution in [0.4, 0.5) is 13.2 Å². The van der Waals surface area contributed by atoms with Gasteiger partial charge < -0.3 is 9.47 Å². The van der Waals surface area contributed by atoms with E-state index < -0.39 is 59.2 Å². The normalized spacial score (nSPS) is 15.5. The zero-order valence-electron chi connectivity index (χ0n) is 21.8. The molecule has 0 amide bonds. The van der Waals surface area contributed by atoms with Crippen molar-refractivity contribution in [3.05, 3.63) is 22.2 Å². The molecular formula is C23H38BrF3N2O4SSi. The standard InChI is InChI=1S/C23H38BrF3N2O4SSi/c1-9-33-20(30)23(26,27)22(13-14-32-8,29-34(31)21(5,6)7)19-18(25)16(15-17(24)28-19)35(10-2,11-3)12-4/h15,29H,9-14H2,1-8H3/t22-,34+/m1/s1. The number of nitrogens with zero attached hydrogens (tertiary/aromatic N) is 1. The van der Waals surface area contributed by atoms with Gasteiger partial charge >= 0.3 is 11.9 Å². The van der Waals surface area contributed by atoms with Crippen LogP contribution in [-0.4, -0.2) is 54.2 Å². The summed E-state index contributed by atoms with van der Waals surface area (Å²) in [7, 11) is -3.26. The quantitative estimate of drug-likeness (QED) is 0.191. The van der Waals surface area contributed by atoms with Crippen LogP contribution in [-0.2, 0) is 30.8 Å². The minimum atomic E-state index is -4.33. The lowest BCUT2D eigenvalue weighted by molar-refractivity contribution is -0.187. The Morgan fingerprint density at radius 1 is 1.17 bits per heavy atom. The molecule has 0 aliphatic heterocycles. The summed E-state index contributed by atoms with van der Waals surface area (Å²) in [5, 5.41) is 0.340. The molecule has 1 N–H and O–H groups in total. The minimum Gasteiger partial charge on any atom is -0.461 e. The summed E-state index contributed by atoms with van der Waals surface area (Å²) in [6.45, 7) is 11.4. The van der Waals surface area contributed by atoms with Gasteiger partial charge in [0.25, 0.3) is 0 Å². The first-order chi connectivity index (χ1) is 16.1. The molecule has 1 aromatic rings. The molecule has 0 bridgehead atoms. The van der Waals surface area contributed by atoms with Gasteiger partial charge in [-0.2, -0.15) is 8.78 Å². The maximum absolute atomic E-state index is 16.4. The molecule has 0 fully saturated rings. The second-order valence-electron chi connectivity index (χ2n) is 9.42. The first-order valence-corrected chi connectivity index (χ1v) is 16.3. The Kier molecular flexibility index (Phi) is 11.6. The van der Waals surface area contributed by atoms with Gasteiger partial charge in [-0.15, -0.1) is 0 Å². The summed E-state index contributed by atoms with van der Waals surface area (Å²) in [6, 6.07) is 3.61. The molecule has 0 saturated carbocycles. The Balaban J connectivity index is 4.18. The van der Waals surface area contributed by atoms with E-state index in [1.807, 2.05) is 20.8 Å². The van der Waals surface area contributed by atoms with Gasteiger partial charge in [-0.05, 0) is 54.9 Å². The van der Waals surface area contributed by atoms with Gasteiger partial charge in [0.05, 0.1) is 30.4 Å². The number of pyridine rings is 1. The number of methoxy groups -OCH3 is 1. The van der Waals surface area contributed by atoms with Gasteiger partial charge in [0.15, 0.2) is 5.54 Å². The number of alkyl halides is 2. The van der Waals surface area contributed by atoms with Crippen molar-refractivity contribution in [1.29, 1.82) is 0 Å². The number of carbonyl (C=O) groups excluding carboxylic acids is 1. The van der Waals surface area contributed by atoms with E-state index in [9.17, 15) is 9.00 Å². The number of ether oxygens (including phenoxy) is 2. The van der Waals surface area contributed by atoms with E-state index >= 15 is 13.2 Å². The van der Waals surface area contributed by atoms with Gasteiger partial charge in [0.1, 0.15) is 16.1 Å². The molecule has 35 heavy (non-hydrogen) atoms. The summed E-state index contributed by atoms with van der Waals surface area (Å²) < 4.78 is 73.3. The first-order valence-electron chi connectivity index (χ1n) is 11.7. The van der Waals surface area contributed by atoms with E-state index in [2.05, 4.69) is 25.6 Å². The Labute approximate surface area is 218 Å². The minimum absolute atomic E-state index is 0.154. The smallest absolute Gasteiger partial charge is 0.379 e. The maximum Gasteiger partial charge on any atom is 0.379 e. The molecule has 0 saturated heterocycles. The highest BCUT2D eigenvalue weighted by Crippen LogP contribution is 2.43. The van der Waals surface area contributed by atoms with Gasteiger partial charge in [-0.1, -0.05) is 38.9 Å². The van der Waals surface area contributed by atoms with Crippen LogP contribution in [0, 0.1) is 5.82 Å². The Morgan fingerprint density at radius 2 is 1.71 bits per heavy atom. The number of aromatic nitrogens is 1. The topological polar surface area (TPSA) is 77.5 Å². The molecule has 1 rings (SSSR count). The van der Waals surface area contributed by atoms with Crippen LogP contribution in [0.5, 0.6) is 0 Å². The number of esters is 1. The second-order valence-corrected chi connectivity index (χ2v) is 17.4. The second kappa shape index (κ2) is 12.6. The number of rotatable bonds is 13. The highest BCUT2D eigenvalue weighted by atomic mass is 79.9. The lowest BCUT2D eigenvalue weighted by Crippen LogP contribution is -2.64. The Morgan fingerprint density at radius 3 is 2.14 bits per heavy atom. The fraction of sp³-hybridized carbons (Fsp3) is 0.739. The molecule has 202 valence electrons. The van der Waals surface area contributed by atoms with Gasteiger partial charge in [-0.25, -0.2) is 23.1 Å². The zero-order valence-corrected chi connectivity index (χ0v) is 25.2. The van der Waals surface area contributed by atoms with Gasteiger partial charge in [-0.3, -0.25) is 0 Å². The van der Waals surface area contributed by atoms with Crippen molar-refractivity contribution in [3.8, 4) is 0 Å². The number of nitrogens with one attached hydrogen (secondary N) is 1. The molecule has 1 heterocycles. The summed E-state index contributed by atoms with van der Waals surface area (Å²) >= 11 is 3.28. The number of carbonyl (C=O) groups is 1. The summed E-state index contributed by atoms with van der Waals surface area (Å²) in [5.41, 5.74) is -3.48. The molecule has 12 heteroatoms. The molecule has 0 spiro atoms. The van der Waals surface area contributed by atoms with Crippen LogP contribution in [0.25, 0.3) is 0 Å². The predicted octanol–water partition coefficient (Wildman–Crippen LogP) is 5.18. The molecule has 1 aromatic heterocycles. The van der Waals surface area contributed by atoms with E-state index in [-0.39, 0.29) is 17.8 Å². The van der Waals surface area contributed by atoms with E-state index in [1.165, 1.54) is 14.0 Å². The molecular weight excluding hydrogens is 565 g/mol. The van der Waals surface area contributed by atoms with Crippen LogP contribution < -0.4 is 9.91 Å². The average molecular weight is 604 g/mol. The van der Waals surface area contributed by atoms with Gasteiger partial charge in [0.2, 0.25) is 0 Å². The van der Waals surface area contributed by atoms with Crippen molar-refractivity contribution in [2.75, 3.05) is 20.3 Å². The monoisotopic (exact) mass is 602 g/mol. The fourth-order valence-electron chi connectivity index (χ4n) is 4.04. The van der Waals surface area contributed by atoms with E-state index in [4.69, 9.17) is 9.47 Å². The van der Waals surface area contributed by atoms with Gasteiger partial charge in [0, 0.05) is 20.1 Å². The highest BCUT2D eigenvalue weighted by Gasteiger charge is 2.64. The van der Waals surface area contributed by atoms with E-state index in [0.29, 0.717) is 23.3 Å². The van der Waals surface area contributed by atoms with Crippen molar-refractivity contribution < 1.29 is 31.6 Å². The molecule has 0 radical (unpaired) electrons. The first kappa shape index (κ1) is 32.2. The Bertz CT molecular complexity index is 905. The van der Waals surface area contributed by atoms with E-state index in [0.717, 1.165) is 0 Å². The largest absolute Gasteiger partial charge is 0.461 e. The van der Waals surface area contributed by atoms with Crippen LogP contribution in [0.3, 0.4) is 0 Å². The molecule has 0 aliphatic rings. The van der Waals surface area contributed by atoms with E-state index in [1.54, 1.807) is 26.8 Å². The van der Waals surface area contributed by atoms with Crippen LogP contribution in [0.2, 0.25) is 18.1 Å². The predicted molar refractivity (Wildman–Crippen MR) is 140 cm³/mol. The summed E-state index contributed by atoms with van der Waals surface area (Å²) in [5.74, 6) is -7.10. The van der Waals surface area contributed by atoms with Crippen molar-refractivity contribution >= 4 is 46.1 Å². The summed E-state index contributed by atoms with van der Waals surface area (Å²) in [4.78, 5) is 16.8. The van der Waals surface area contributed by atoms with Crippen molar-refractivity contribution in [2.45, 2.75) is 89.2 Å². The number of hydrogen-bond acceptors (Lipinski definition) is 5. The third kappa shape index (κ3) is 6.55. The van der Waals surface area contributed by atoms with Crippen molar-refractivity contribution in [3.63, 3.8) is 0 Å². The Hall–Kier alpha value is -0.823. The van der Waals surface area contributed by atoms with Crippen molar-refractivity contribution in [1.82, 2.24) is 9.71 Å². The van der Waals surface area contributed by atoms with Crippen LogP contribution >= 0.6 is 15.9 Å². The third-order valence-electron chi connectivity index (χ3n) is 6.50. The molecule has 6 nitrogen and oxygen atoms in total. The number of halogens is 4. The molecule has 0 unspecified atom stereocenters. The lowest BCUT2D eigenvalue weighted by atomic mass is 9.84. The fourth-order valence-corrected chi connectivity index (χ4v) is 9.27.